The molecule has 0 bridgehead atoms. The minimum Gasteiger partial charge on any atom is -0.452 e. The highest BCUT2D eigenvalue weighted by Gasteiger charge is 2.36. The van der Waals surface area contributed by atoms with Crippen molar-refractivity contribution >= 4 is 33.4 Å². The van der Waals surface area contributed by atoms with E-state index >= 15 is 0 Å². The summed E-state index contributed by atoms with van der Waals surface area (Å²) in [7, 11) is -3.75. The van der Waals surface area contributed by atoms with Gasteiger partial charge in [0.25, 0.3) is 15.9 Å². The van der Waals surface area contributed by atoms with E-state index in [1.54, 1.807) is 41.3 Å². The molecule has 9 nitrogen and oxygen atoms in total. The Morgan fingerprint density at radius 1 is 1.24 bits per heavy atom. The van der Waals surface area contributed by atoms with Crippen molar-refractivity contribution in [3.8, 4) is 6.07 Å². The van der Waals surface area contributed by atoms with Gasteiger partial charge in [-0.05, 0) is 50.1 Å². The van der Waals surface area contributed by atoms with Gasteiger partial charge in [0.05, 0.1) is 17.6 Å². The minimum absolute atomic E-state index is 0.162. The number of esters is 1. The Morgan fingerprint density at radius 2 is 2.03 bits per heavy atom. The van der Waals surface area contributed by atoms with Gasteiger partial charge in [-0.3, -0.25) is 9.59 Å². The zero-order valence-corrected chi connectivity index (χ0v) is 18.7. The molecule has 10 heteroatoms. The van der Waals surface area contributed by atoms with Crippen LogP contribution in [0.1, 0.15) is 30.9 Å². The van der Waals surface area contributed by atoms with Crippen molar-refractivity contribution in [3.63, 3.8) is 0 Å². The quantitative estimate of drug-likeness (QED) is 0.685. The van der Waals surface area contributed by atoms with Gasteiger partial charge in [0.1, 0.15) is 4.90 Å². The van der Waals surface area contributed by atoms with Crippen LogP contribution in [0.5, 0.6) is 0 Å². The number of benzene rings is 2. The number of nitrogens with one attached hydrogen (secondary N) is 1. The van der Waals surface area contributed by atoms with Crippen molar-refractivity contribution in [1.29, 1.82) is 5.26 Å². The first kappa shape index (κ1) is 22.5. The van der Waals surface area contributed by atoms with Gasteiger partial charge in [0.2, 0.25) is 0 Å². The predicted molar refractivity (Wildman–Crippen MR) is 120 cm³/mol. The second kappa shape index (κ2) is 9.03. The Balaban J connectivity index is 1.40. The minimum atomic E-state index is -3.75. The fraction of sp³-hybridized carbons (Fsp3) is 0.304. The Kier molecular flexibility index (Phi) is 6.16. The lowest BCUT2D eigenvalue weighted by molar-refractivity contribution is -0.158. The van der Waals surface area contributed by atoms with E-state index in [9.17, 15) is 18.0 Å². The molecule has 2 atom stereocenters. The Labute approximate surface area is 191 Å². The molecule has 1 amide bonds. The molecule has 33 heavy (non-hydrogen) atoms. The third-order valence-corrected chi connectivity index (χ3v) is 6.91. The maximum atomic E-state index is 12.8. The maximum absolute atomic E-state index is 12.8. The standard InChI is InChI=1S/C23H22N4O5S/c1-15(22(28)25-18-8-4-6-16(12-18)13-24)32-23(29)17-7-5-11-27(14-17)21-19-9-2-3-10-20(19)33(30,31)26-21/h2-4,6,8-10,12,15,17H,5,7,11,14H2,1H3,(H,25,28)/t15-,17+/m1/s1. The van der Waals surface area contributed by atoms with Crippen molar-refractivity contribution in [3.05, 3.63) is 59.7 Å². The number of nitrogens with zero attached hydrogens (tertiary/aromatic N) is 3. The van der Waals surface area contributed by atoms with Crippen LogP contribution in [0.2, 0.25) is 0 Å². The molecule has 2 aliphatic heterocycles. The van der Waals surface area contributed by atoms with E-state index in [2.05, 4.69) is 9.71 Å². The van der Waals surface area contributed by atoms with Gasteiger partial charge in [-0.25, -0.2) is 0 Å². The van der Waals surface area contributed by atoms with E-state index < -0.39 is 33.9 Å². The third-order valence-electron chi connectivity index (χ3n) is 5.59. The van der Waals surface area contributed by atoms with Gasteiger partial charge < -0.3 is 15.0 Å². The first-order valence-electron chi connectivity index (χ1n) is 10.5. The maximum Gasteiger partial charge on any atom is 0.311 e. The fourth-order valence-corrected chi connectivity index (χ4v) is 5.14. The molecule has 1 fully saturated rings. The summed E-state index contributed by atoms with van der Waals surface area (Å²) in [4.78, 5) is 27.2. The van der Waals surface area contributed by atoms with Crippen molar-refractivity contribution in [1.82, 2.24) is 4.90 Å². The van der Waals surface area contributed by atoms with Gasteiger partial charge in [-0.1, -0.05) is 18.2 Å². The normalized spacial score (nSPS) is 19.6. The number of nitriles is 1. The lowest BCUT2D eigenvalue weighted by Gasteiger charge is -2.33. The number of fused-ring (bicyclic) bond motifs is 1. The van der Waals surface area contributed by atoms with Crippen LogP contribution in [0.25, 0.3) is 0 Å². The lowest BCUT2D eigenvalue weighted by atomic mass is 9.97. The molecular weight excluding hydrogens is 444 g/mol. The summed E-state index contributed by atoms with van der Waals surface area (Å²) in [6.07, 6.45) is 0.182. The highest BCUT2D eigenvalue weighted by atomic mass is 32.2. The highest BCUT2D eigenvalue weighted by molar-refractivity contribution is 7.90. The van der Waals surface area contributed by atoms with E-state index in [1.807, 2.05) is 6.07 Å². The molecule has 2 aromatic rings. The van der Waals surface area contributed by atoms with E-state index in [0.29, 0.717) is 42.0 Å². The summed E-state index contributed by atoms with van der Waals surface area (Å²) in [5.74, 6) is -1.21. The molecule has 1 saturated heterocycles. The molecule has 4 rings (SSSR count). The molecule has 0 radical (unpaired) electrons. The Morgan fingerprint density at radius 3 is 2.82 bits per heavy atom. The average Bonchev–Trinajstić information content (AvgIpc) is 3.10. The Bertz CT molecular complexity index is 1280. The number of hydrogen-bond acceptors (Lipinski definition) is 7. The van der Waals surface area contributed by atoms with Crippen LogP contribution in [0.3, 0.4) is 0 Å². The summed E-state index contributed by atoms with van der Waals surface area (Å²) in [5.41, 5.74) is 1.36. The molecule has 0 unspecified atom stereocenters. The second-order valence-corrected chi connectivity index (χ2v) is 9.50. The van der Waals surface area contributed by atoms with Crippen LogP contribution < -0.4 is 5.32 Å². The zero-order valence-electron chi connectivity index (χ0n) is 17.9. The predicted octanol–water partition coefficient (Wildman–Crippen LogP) is 2.29. The number of hydrogen-bond donors (Lipinski definition) is 1. The first-order valence-corrected chi connectivity index (χ1v) is 11.9. The monoisotopic (exact) mass is 466 g/mol. The van der Waals surface area contributed by atoms with Crippen LogP contribution in [0.4, 0.5) is 5.69 Å². The molecule has 2 heterocycles. The zero-order chi connectivity index (χ0) is 23.6. The fourth-order valence-electron chi connectivity index (χ4n) is 3.91. The molecule has 0 aliphatic carbocycles. The van der Waals surface area contributed by atoms with Crippen molar-refractivity contribution < 1.29 is 22.7 Å². The molecule has 1 N–H and O–H groups in total. The smallest absolute Gasteiger partial charge is 0.311 e. The summed E-state index contributed by atoms with van der Waals surface area (Å²) >= 11 is 0. The Hall–Kier alpha value is -3.71. The molecule has 2 aliphatic rings. The van der Waals surface area contributed by atoms with Crippen LogP contribution in [0.15, 0.2) is 57.8 Å². The number of rotatable bonds is 4. The van der Waals surface area contributed by atoms with Crippen LogP contribution in [-0.2, 0) is 24.3 Å². The van der Waals surface area contributed by atoms with Gasteiger partial charge in [0.15, 0.2) is 11.9 Å². The number of amides is 1. The van der Waals surface area contributed by atoms with Crippen molar-refractivity contribution in [2.45, 2.75) is 30.8 Å². The van der Waals surface area contributed by atoms with Crippen LogP contribution >= 0.6 is 0 Å². The van der Waals surface area contributed by atoms with Gasteiger partial charge in [0, 0.05) is 24.3 Å². The lowest BCUT2D eigenvalue weighted by Crippen LogP contribution is -2.44. The molecule has 0 spiro atoms. The largest absolute Gasteiger partial charge is 0.452 e. The van der Waals surface area contributed by atoms with E-state index in [0.717, 1.165) is 0 Å². The number of ether oxygens (including phenoxy) is 1. The molecule has 0 saturated carbocycles. The number of likely N-dealkylation sites (tertiary alicyclic amines) is 1. The van der Waals surface area contributed by atoms with Crippen molar-refractivity contribution in [2.24, 2.45) is 10.3 Å². The molecule has 0 aromatic heterocycles. The summed E-state index contributed by atoms with van der Waals surface area (Å²) in [6.45, 7) is 2.30. The average molecular weight is 467 g/mol. The summed E-state index contributed by atoms with van der Waals surface area (Å²) < 4.78 is 34.1. The van der Waals surface area contributed by atoms with Gasteiger partial charge >= 0.3 is 5.97 Å². The number of carbonyl (C=O) groups excluding carboxylic acids is 2. The summed E-state index contributed by atoms with van der Waals surface area (Å²) in [6, 6.07) is 15.0. The van der Waals surface area contributed by atoms with Crippen LogP contribution in [0, 0.1) is 17.2 Å². The van der Waals surface area contributed by atoms with Crippen molar-refractivity contribution in [2.75, 3.05) is 18.4 Å². The number of anilines is 1. The van der Waals surface area contributed by atoms with E-state index in [-0.39, 0.29) is 11.4 Å². The van der Waals surface area contributed by atoms with E-state index in [1.165, 1.54) is 19.1 Å². The number of amidine groups is 1. The molecule has 170 valence electrons. The number of carbonyl (C=O) groups is 2. The number of piperidine rings is 1. The third kappa shape index (κ3) is 4.73. The second-order valence-electron chi connectivity index (χ2n) is 7.93. The van der Waals surface area contributed by atoms with E-state index in [4.69, 9.17) is 10.00 Å². The molecular formula is C23H22N4O5S. The van der Waals surface area contributed by atoms with Crippen LogP contribution in [-0.4, -0.2) is 50.2 Å². The first-order chi connectivity index (χ1) is 15.8. The van der Waals surface area contributed by atoms with Gasteiger partial charge in [-0.15, -0.1) is 4.40 Å². The summed E-state index contributed by atoms with van der Waals surface area (Å²) in [5, 5.41) is 11.6. The highest BCUT2D eigenvalue weighted by Crippen LogP contribution is 2.30. The van der Waals surface area contributed by atoms with Gasteiger partial charge in [-0.2, -0.15) is 13.7 Å². The molecule has 2 aromatic carbocycles. The number of sulfonamides is 1. The topological polar surface area (TPSA) is 129 Å². The SMILES string of the molecule is C[C@@H](OC(=O)[C@H]1CCCN(C2=NS(=O)(=O)c3ccccc32)C1)C(=O)Nc1cccc(C#N)c1.